The highest BCUT2D eigenvalue weighted by atomic mass is 79.9. The van der Waals surface area contributed by atoms with E-state index in [2.05, 4.69) is 37.6 Å². The minimum Gasteiger partial charge on any atom is -0.314 e. The van der Waals surface area contributed by atoms with E-state index in [4.69, 9.17) is 0 Å². The van der Waals surface area contributed by atoms with E-state index in [1.54, 1.807) is 4.88 Å². The van der Waals surface area contributed by atoms with Gasteiger partial charge >= 0.3 is 0 Å². The first-order valence-corrected chi connectivity index (χ1v) is 8.21. The van der Waals surface area contributed by atoms with Crippen LogP contribution < -0.4 is 5.32 Å². The molecule has 1 aliphatic heterocycles. The fraction of sp³-hybridized carbons (Fsp3) is 0.692. The van der Waals surface area contributed by atoms with Crippen molar-refractivity contribution in [2.75, 3.05) is 26.2 Å². The highest BCUT2D eigenvalue weighted by Crippen LogP contribution is 2.45. The number of hydrogen-bond donors (Lipinski definition) is 1. The van der Waals surface area contributed by atoms with E-state index in [0.29, 0.717) is 6.04 Å². The summed E-state index contributed by atoms with van der Waals surface area (Å²) in [6.07, 6.45) is 4.26. The fourth-order valence-corrected chi connectivity index (χ4v) is 4.74. The molecule has 1 saturated carbocycles. The minimum atomic E-state index is 0. The van der Waals surface area contributed by atoms with Gasteiger partial charge in [0.2, 0.25) is 0 Å². The van der Waals surface area contributed by atoms with Crippen LogP contribution >= 0.6 is 52.1 Å². The first-order valence-electron chi connectivity index (χ1n) is 6.54. The van der Waals surface area contributed by atoms with Crippen molar-refractivity contribution >= 4 is 52.1 Å². The van der Waals surface area contributed by atoms with Crippen molar-refractivity contribution < 1.29 is 0 Å². The molecule has 1 aromatic rings. The zero-order valence-corrected chi connectivity index (χ0v) is 14.8. The SMILES string of the molecule is Brc1ccsc1[C@H](C1CCC1)N1CCNCC1.Cl.Cl. The Morgan fingerprint density at radius 3 is 2.42 bits per heavy atom. The molecule has 0 radical (unpaired) electrons. The molecule has 0 amide bonds. The molecule has 0 bridgehead atoms. The first kappa shape index (κ1) is 17.7. The van der Waals surface area contributed by atoms with Crippen LogP contribution in [0.3, 0.4) is 0 Å². The predicted molar refractivity (Wildman–Crippen MR) is 91.0 cm³/mol. The average molecular weight is 388 g/mol. The molecule has 1 N–H and O–H groups in total. The maximum atomic E-state index is 3.72. The Balaban J connectivity index is 0.000000902. The van der Waals surface area contributed by atoms with Crippen molar-refractivity contribution in [2.24, 2.45) is 5.92 Å². The van der Waals surface area contributed by atoms with Crippen molar-refractivity contribution in [1.29, 1.82) is 0 Å². The number of nitrogens with zero attached hydrogens (tertiary/aromatic N) is 1. The second-order valence-corrected chi connectivity index (χ2v) is 6.86. The van der Waals surface area contributed by atoms with Crippen molar-refractivity contribution in [1.82, 2.24) is 10.2 Å². The Morgan fingerprint density at radius 2 is 1.95 bits per heavy atom. The Bertz CT molecular complexity index is 378. The van der Waals surface area contributed by atoms with Crippen LogP contribution in [0.5, 0.6) is 0 Å². The lowest BCUT2D eigenvalue weighted by Crippen LogP contribution is -2.47. The molecule has 0 spiro atoms. The van der Waals surface area contributed by atoms with Gasteiger partial charge in [0.1, 0.15) is 0 Å². The van der Waals surface area contributed by atoms with Crippen LogP contribution in [0.25, 0.3) is 0 Å². The van der Waals surface area contributed by atoms with Crippen LogP contribution in [0, 0.1) is 5.92 Å². The standard InChI is InChI=1S/C13H19BrN2S.2ClH/c14-11-4-9-17-13(11)12(10-2-1-3-10)16-7-5-15-6-8-16;;/h4,9-10,12,15H,1-3,5-8H2;2*1H/t12-;;/m0../s1. The van der Waals surface area contributed by atoms with Crippen LogP contribution in [0.1, 0.15) is 30.2 Å². The lowest BCUT2D eigenvalue weighted by Gasteiger charge is -2.42. The molecule has 19 heavy (non-hydrogen) atoms. The third kappa shape index (κ3) is 3.86. The zero-order chi connectivity index (χ0) is 11.7. The number of piperazine rings is 1. The highest BCUT2D eigenvalue weighted by Gasteiger charge is 2.35. The first-order chi connectivity index (χ1) is 8.36. The maximum absolute atomic E-state index is 3.72. The van der Waals surface area contributed by atoms with E-state index in [-0.39, 0.29) is 24.8 Å². The average Bonchev–Trinajstić information content (AvgIpc) is 2.71. The molecule has 2 nitrogen and oxygen atoms in total. The van der Waals surface area contributed by atoms with Gasteiger partial charge in [-0.05, 0) is 46.1 Å². The number of thiophene rings is 1. The normalized spacial score (nSPS) is 21.9. The summed E-state index contributed by atoms with van der Waals surface area (Å²) in [5, 5.41) is 5.67. The molecule has 0 aromatic carbocycles. The van der Waals surface area contributed by atoms with Gasteiger partial charge in [-0.3, -0.25) is 4.90 Å². The molecule has 6 heteroatoms. The smallest absolute Gasteiger partial charge is 0.0482 e. The van der Waals surface area contributed by atoms with E-state index in [0.717, 1.165) is 19.0 Å². The van der Waals surface area contributed by atoms with E-state index >= 15 is 0 Å². The van der Waals surface area contributed by atoms with E-state index in [1.807, 2.05) is 11.3 Å². The van der Waals surface area contributed by atoms with Crippen LogP contribution in [0.4, 0.5) is 0 Å². The molecule has 2 heterocycles. The van der Waals surface area contributed by atoms with Crippen molar-refractivity contribution in [2.45, 2.75) is 25.3 Å². The minimum absolute atomic E-state index is 0. The summed E-state index contributed by atoms with van der Waals surface area (Å²) >= 11 is 5.64. The third-order valence-corrected chi connectivity index (χ3v) is 6.00. The molecule has 110 valence electrons. The summed E-state index contributed by atoms with van der Waals surface area (Å²) in [4.78, 5) is 4.24. The number of nitrogens with one attached hydrogen (secondary N) is 1. The number of rotatable bonds is 3. The second-order valence-electron chi connectivity index (χ2n) is 5.05. The molecule has 0 unspecified atom stereocenters. The summed E-state index contributed by atoms with van der Waals surface area (Å²) < 4.78 is 1.32. The molecule has 2 aliphatic rings. The molecule has 1 saturated heterocycles. The highest BCUT2D eigenvalue weighted by molar-refractivity contribution is 9.10. The molecular weight excluding hydrogens is 367 g/mol. The Hall–Kier alpha value is 0.680. The Labute approximate surface area is 140 Å². The molecule has 2 fully saturated rings. The van der Waals surface area contributed by atoms with Gasteiger partial charge in [0, 0.05) is 41.6 Å². The fourth-order valence-electron chi connectivity index (χ4n) is 2.91. The summed E-state index contributed by atoms with van der Waals surface area (Å²) in [5.41, 5.74) is 0. The van der Waals surface area contributed by atoms with Crippen LogP contribution in [-0.4, -0.2) is 31.1 Å². The second kappa shape index (κ2) is 8.20. The van der Waals surface area contributed by atoms with Crippen molar-refractivity contribution in [3.8, 4) is 0 Å². The monoisotopic (exact) mass is 386 g/mol. The summed E-state index contributed by atoms with van der Waals surface area (Å²) in [5.74, 6) is 0.892. The molecular formula is C13H21BrCl2N2S. The van der Waals surface area contributed by atoms with Crippen LogP contribution in [-0.2, 0) is 0 Å². The van der Waals surface area contributed by atoms with Gasteiger partial charge in [-0.25, -0.2) is 0 Å². The van der Waals surface area contributed by atoms with Gasteiger partial charge in [-0.2, -0.15) is 0 Å². The summed E-state index contributed by atoms with van der Waals surface area (Å²) in [7, 11) is 0. The summed E-state index contributed by atoms with van der Waals surface area (Å²) in [6, 6.07) is 2.87. The lowest BCUT2D eigenvalue weighted by molar-refractivity contribution is 0.0856. The molecule has 3 rings (SSSR count). The zero-order valence-electron chi connectivity index (χ0n) is 10.8. The molecule has 1 atom stereocenters. The number of hydrogen-bond acceptors (Lipinski definition) is 3. The van der Waals surface area contributed by atoms with Crippen LogP contribution in [0.2, 0.25) is 0 Å². The predicted octanol–water partition coefficient (Wildman–Crippen LogP) is 4.10. The van der Waals surface area contributed by atoms with E-state index < -0.39 is 0 Å². The van der Waals surface area contributed by atoms with Gasteiger partial charge in [-0.15, -0.1) is 36.2 Å². The van der Waals surface area contributed by atoms with Gasteiger partial charge in [0.15, 0.2) is 0 Å². The van der Waals surface area contributed by atoms with Crippen LogP contribution in [0.15, 0.2) is 15.9 Å². The third-order valence-electron chi connectivity index (χ3n) is 4.05. The quantitative estimate of drug-likeness (QED) is 0.839. The van der Waals surface area contributed by atoms with Crippen molar-refractivity contribution in [3.05, 3.63) is 20.8 Å². The summed E-state index contributed by atoms with van der Waals surface area (Å²) in [6.45, 7) is 4.69. The maximum Gasteiger partial charge on any atom is 0.0482 e. The topological polar surface area (TPSA) is 15.3 Å². The molecule has 1 aliphatic carbocycles. The lowest BCUT2D eigenvalue weighted by atomic mass is 9.78. The largest absolute Gasteiger partial charge is 0.314 e. The Morgan fingerprint density at radius 1 is 1.26 bits per heavy atom. The van der Waals surface area contributed by atoms with Gasteiger partial charge in [0.25, 0.3) is 0 Å². The van der Waals surface area contributed by atoms with Gasteiger partial charge in [0.05, 0.1) is 0 Å². The van der Waals surface area contributed by atoms with E-state index in [1.165, 1.54) is 36.8 Å². The molecule has 1 aromatic heterocycles. The number of halogens is 3. The van der Waals surface area contributed by atoms with Gasteiger partial charge in [-0.1, -0.05) is 6.42 Å². The van der Waals surface area contributed by atoms with Crippen molar-refractivity contribution in [3.63, 3.8) is 0 Å². The van der Waals surface area contributed by atoms with E-state index in [9.17, 15) is 0 Å². The Kier molecular flexibility index (Phi) is 7.65. The van der Waals surface area contributed by atoms with Gasteiger partial charge < -0.3 is 5.32 Å².